The van der Waals surface area contributed by atoms with E-state index in [1.54, 1.807) is 20.8 Å². The van der Waals surface area contributed by atoms with E-state index in [-0.39, 0.29) is 17.4 Å². The lowest BCUT2D eigenvalue weighted by atomic mass is 10.1. The van der Waals surface area contributed by atoms with Crippen molar-refractivity contribution >= 4 is 11.4 Å². The molecule has 0 radical (unpaired) electrons. The Morgan fingerprint density at radius 1 is 1.38 bits per heavy atom. The fourth-order valence-electron chi connectivity index (χ4n) is 2.35. The zero-order valence-electron chi connectivity index (χ0n) is 12.2. The lowest BCUT2D eigenvalue weighted by molar-refractivity contribution is -0.384. The summed E-state index contributed by atoms with van der Waals surface area (Å²) < 4.78 is 18.6. The van der Waals surface area contributed by atoms with Crippen molar-refractivity contribution in [3.63, 3.8) is 0 Å². The summed E-state index contributed by atoms with van der Waals surface area (Å²) in [5.41, 5.74) is 1.87. The number of hydrogen-bond donors (Lipinski definition) is 1. The number of aromatic nitrogens is 1. The second kappa shape index (κ2) is 5.51. The summed E-state index contributed by atoms with van der Waals surface area (Å²) in [4.78, 5) is 10.4. The molecule has 1 heterocycles. The first-order valence-electron chi connectivity index (χ1n) is 6.45. The van der Waals surface area contributed by atoms with E-state index in [9.17, 15) is 14.5 Å². The second-order valence-corrected chi connectivity index (χ2v) is 4.98. The molecule has 1 unspecified atom stereocenters. The molecule has 1 atom stereocenters. The van der Waals surface area contributed by atoms with Gasteiger partial charge in [-0.15, -0.1) is 0 Å². The van der Waals surface area contributed by atoms with Crippen LogP contribution in [0.1, 0.15) is 35.5 Å². The van der Waals surface area contributed by atoms with E-state index in [0.29, 0.717) is 17.0 Å². The van der Waals surface area contributed by atoms with Crippen molar-refractivity contribution in [3.05, 3.63) is 50.6 Å². The summed E-state index contributed by atoms with van der Waals surface area (Å²) in [5, 5.41) is 17.9. The molecule has 2 rings (SSSR count). The molecule has 1 aromatic carbocycles. The van der Waals surface area contributed by atoms with Gasteiger partial charge in [-0.3, -0.25) is 10.1 Å². The SMILES string of the molecule is Cc1cc(NC(C)c2c(C)noc2C)c([N+](=O)[O-])cc1F. The van der Waals surface area contributed by atoms with Crippen LogP contribution in [0.25, 0.3) is 0 Å². The summed E-state index contributed by atoms with van der Waals surface area (Å²) >= 11 is 0. The molecular formula is C14H16FN3O3. The lowest BCUT2D eigenvalue weighted by Crippen LogP contribution is -2.10. The Bertz CT molecular complexity index is 678. The Hall–Kier alpha value is -2.44. The first-order valence-corrected chi connectivity index (χ1v) is 6.45. The molecule has 7 heteroatoms. The number of nitro benzene ring substituents is 1. The largest absolute Gasteiger partial charge is 0.373 e. The Kier molecular flexibility index (Phi) is 3.93. The van der Waals surface area contributed by atoms with Crippen molar-refractivity contribution < 1.29 is 13.8 Å². The fourth-order valence-corrected chi connectivity index (χ4v) is 2.35. The van der Waals surface area contributed by atoms with E-state index < -0.39 is 10.7 Å². The van der Waals surface area contributed by atoms with Gasteiger partial charge in [-0.1, -0.05) is 5.16 Å². The standard InChI is InChI=1S/C14H16FN3O3/c1-7-5-12(13(18(19)20)6-11(7)15)16-8(2)14-9(3)17-21-10(14)4/h5-6,8,16H,1-4H3. The van der Waals surface area contributed by atoms with Gasteiger partial charge >= 0.3 is 0 Å². The first kappa shape index (κ1) is 15.0. The third-order valence-corrected chi connectivity index (χ3v) is 3.37. The maximum atomic E-state index is 13.5. The number of anilines is 1. The number of benzene rings is 1. The molecule has 0 aliphatic rings. The van der Waals surface area contributed by atoms with E-state index in [4.69, 9.17) is 4.52 Å². The highest BCUT2D eigenvalue weighted by Gasteiger charge is 2.22. The lowest BCUT2D eigenvalue weighted by Gasteiger charge is -2.16. The van der Waals surface area contributed by atoms with Crippen molar-refractivity contribution in [1.82, 2.24) is 5.16 Å². The van der Waals surface area contributed by atoms with Gasteiger partial charge in [-0.2, -0.15) is 0 Å². The average molecular weight is 293 g/mol. The molecule has 0 fully saturated rings. The molecule has 0 amide bonds. The van der Waals surface area contributed by atoms with Gasteiger partial charge in [-0.25, -0.2) is 4.39 Å². The van der Waals surface area contributed by atoms with Gasteiger partial charge in [0, 0.05) is 5.56 Å². The summed E-state index contributed by atoms with van der Waals surface area (Å²) in [6.07, 6.45) is 0. The molecule has 0 saturated heterocycles. The predicted octanol–water partition coefficient (Wildman–Crippen LogP) is 3.82. The maximum Gasteiger partial charge on any atom is 0.295 e. The van der Waals surface area contributed by atoms with Crippen molar-refractivity contribution in [2.45, 2.75) is 33.7 Å². The third-order valence-electron chi connectivity index (χ3n) is 3.37. The molecular weight excluding hydrogens is 277 g/mol. The van der Waals surface area contributed by atoms with E-state index >= 15 is 0 Å². The number of nitrogens with one attached hydrogen (secondary N) is 1. The highest BCUT2D eigenvalue weighted by molar-refractivity contribution is 5.64. The molecule has 1 N–H and O–H groups in total. The van der Waals surface area contributed by atoms with E-state index in [1.807, 2.05) is 6.92 Å². The van der Waals surface area contributed by atoms with Crippen molar-refractivity contribution in [3.8, 4) is 0 Å². The predicted molar refractivity (Wildman–Crippen MR) is 75.8 cm³/mol. The molecule has 21 heavy (non-hydrogen) atoms. The molecule has 0 aliphatic heterocycles. The van der Waals surface area contributed by atoms with E-state index in [2.05, 4.69) is 10.5 Å². The Morgan fingerprint density at radius 2 is 2.05 bits per heavy atom. The van der Waals surface area contributed by atoms with Gasteiger partial charge in [0.05, 0.1) is 22.7 Å². The molecule has 0 aliphatic carbocycles. The van der Waals surface area contributed by atoms with Crippen LogP contribution in [0.2, 0.25) is 0 Å². The first-order chi connectivity index (χ1) is 9.81. The van der Waals surface area contributed by atoms with E-state index in [0.717, 1.165) is 11.6 Å². The van der Waals surface area contributed by atoms with Crippen molar-refractivity contribution in [2.75, 3.05) is 5.32 Å². The smallest absolute Gasteiger partial charge is 0.295 e. The van der Waals surface area contributed by atoms with Crippen LogP contribution in [0.15, 0.2) is 16.7 Å². The molecule has 6 nitrogen and oxygen atoms in total. The number of nitro groups is 1. The minimum Gasteiger partial charge on any atom is -0.373 e. The highest BCUT2D eigenvalue weighted by atomic mass is 19.1. The maximum absolute atomic E-state index is 13.5. The molecule has 112 valence electrons. The fraction of sp³-hybridized carbons (Fsp3) is 0.357. The van der Waals surface area contributed by atoms with Gasteiger partial charge in [-0.05, 0) is 39.3 Å². The number of rotatable bonds is 4. The Morgan fingerprint density at radius 3 is 2.57 bits per heavy atom. The summed E-state index contributed by atoms with van der Waals surface area (Å²) in [5.74, 6) is 0.0474. The minimum absolute atomic E-state index is 0.250. The van der Waals surface area contributed by atoms with Crippen LogP contribution in [0.3, 0.4) is 0 Å². The average Bonchev–Trinajstić information content (AvgIpc) is 2.72. The monoisotopic (exact) mass is 293 g/mol. The molecule has 1 aromatic heterocycles. The highest BCUT2D eigenvalue weighted by Crippen LogP contribution is 2.32. The zero-order valence-corrected chi connectivity index (χ0v) is 12.2. The van der Waals surface area contributed by atoms with Crippen LogP contribution >= 0.6 is 0 Å². The quantitative estimate of drug-likeness (QED) is 0.684. The summed E-state index contributed by atoms with van der Waals surface area (Å²) in [6.45, 7) is 6.98. The zero-order chi connectivity index (χ0) is 15.7. The van der Waals surface area contributed by atoms with Crippen LogP contribution < -0.4 is 5.32 Å². The second-order valence-electron chi connectivity index (χ2n) is 4.98. The van der Waals surface area contributed by atoms with Crippen LogP contribution in [0, 0.1) is 36.7 Å². The Labute approximate surface area is 121 Å². The van der Waals surface area contributed by atoms with Crippen molar-refractivity contribution in [1.29, 1.82) is 0 Å². The van der Waals surface area contributed by atoms with Crippen LogP contribution in [-0.2, 0) is 0 Å². The molecule has 0 bridgehead atoms. The Balaban J connectivity index is 2.39. The van der Waals surface area contributed by atoms with E-state index in [1.165, 1.54) is 6.07 Å². The number of aryl methyl sites for hydroxylation is 3. The molecule has 0 spiro atoms. The third kappa shape index (κ3) is 2.86. The van der Waals surface area contributed by atoms with Gasteiger partial charge < -0.3 is 9.84 Å². The van der Waals surface area contributed by atoms with Crippen LogP contribution in [0.4, 0.5) is 15.8 Å². The molecule has 0 saturated carbocycles. The minimum atomic E-state index is -0.606. The number of halogens is 1. The summed E-state index contributed by atoms with van der Waals surface area (Å²) in [7, 11) is 0. The summed E-state index contributed by atoms with van der Waals surface area (Å²) in [6, 6.07) is 2.11. The number of hydrogen-bond acceptors (Lipinski definition) is 5. The van der Waals surface area contributed by atoms with Crippen LogP contribution in [0.5, 0.6) is 0 Å². The molecule has 2 aromatic rings. The van der Waals surface area contributed by atoms with Gasteiger partial charge in [0.2, 0.25) is 0 Å². The topological polar surface area (TPSA) is 81.2 Å². The normalized spacial score (nSPS) is 12.2. The van der Waals surface area contributed by atoms with Crippen molar-refractivity contribution in [2.24, 2.45) is 0 Å². The van der Waals surface area contributed by atoms with Gasteiger partial charge in [0.25, 0.3) is 5.69 Å². The number of nitrogens with zero attached hydrogens (tertiary/aromatic N) is 2. The van der Waals surface area contributed by atoms with Crippen LogP contribution in [-0.4, -0.2) is 10.1 Å². The van der Waals surface area contributed by atoms with Gasteiger partial charge in [0.1, 0.15) is 17.3 Å². The van der Waals surface area contributed by atoms with Gasteiger partial charge in [0.15, 0.2) is 0 Å².